The average molecular weight is 496 g/mol. The summed E-state index contributed by atoms with van der Waals surface area (Å²) in [7, 11) is 14.8. The van der Waals surface area contributed by atoms with Crippen molar-refractivity contribution in [3.05, 3.63) is 41.2 Å². The number of nitrogens with one attached hydrogen (secondary N) is 1. The highest BCUT2D eigenvalue weighted by molar-refractivity contribution is 6.40. The largest absolute Gasteiger partial charge is 0.434 e. The van der Waals surface area contributed by atoms with E-state index in [1.165, 1.54) is 12.1 Å². The summed E-state index contributed by atoms with van der Waals surface area (Å²) in [6.45, 7) is 1.29. The number of hydrogen-bond acceptors (Lipinski definition) is 5. The summed E-state index contributed by atoms with van der Waals surface area (Å²) >= 11 is 0. The number of amides is 1. The van der Waals surface area contributed by atoms with Gasteiger partial charge in [0.15, 0.2) is 0 Å². The van der Waals surface area contributed by atoms with Crippen molar-refractivity contribution < 1.29 is 23.4 Å². The molecule has 36 heavy (non-hydrogen) atoms. The Balaban J connectivity index is 1.59. The zero-order valence-corrected chi connectivity index (χ0v) is 21.0. The number of likely N-dealkylation sites (tertiary alicyclic amines) is 1. The maximum atomic E-state index is 13.3. The van der Waals surface area contributed by atoms with E-state index in [9.17, 15) is 18.7 Å². The van der Waals surface area contributed by atoms with Gasteiger partial charge in [0, 0.05) is 37.5 Å². The Bertz CT molecular complexity index is 1100. The molecule has 0 bridgehead atoms. The topological polar surface area (TPSA) is 79.6 Å². The Labute approximate surface area is 213 Å². The molecule has 1 saturated heterocycles. The summed E-state index contributed by atoms with van der Waals surface area (Å²) < 4.78 is 33.1. The molecule has 4 radical (unpaired) electrons. The number of carbonyl (C=O) groups is 1. The second kappa shape index (κ2) is 10.2. The maximum absolute atomic E-state index is 13.3. The van der Waals surface area contributed by atoms with Crippen molar-refractivity contribution in [2.45, 2.75) is 69.4 Å². The van der Waals surface area contributed by atoms with E-state index in [-0.39, 0.29) is 34.7 Å². The van der Waals surface area contributed by atoms with E-state index in [0.717, 1.165) is 37.8 Å². The van der Waals surface area contributed by atoms with Gasteiger partial charge >= 0.3 is 6.61 Å². The molecule has 0 spiro atoms. The minimum atomic E-state index is -3.11. The zero-order chi connectivity index (χ0) is 26.3. The molecule has 1 saturated carbocycles. The number of anilines is 1. The number of benzene rings is 1. The van der Waals surface area contributed by atoms with Crippen molar-refractivity contribution in [2.24, 2.45) is 13.0 Å². The van der Waals surface area contributed by atoms with Crippen LogP contribution < -0.4 is 10.1 Å². The molecule has 4 rings (SSSR count). The number of alkyl halides is 2. The van der Waals surface area contributed by atoms with Gasteiger partial charge in [0.05, 0.1) is 32.6 Å². The first-order chi connectivity index (χ1) is 16.9. The van der Waals surface area contributed by atoms with Crippen LogP contribution in [0.15, 0.2) is 24.4 Å². The molecular formula is C25H32B2F2N4O3. The molecule has 1 aliphatic heterocycles. The summed E-state index contributed by atoms with van der Waals surface area (Å²) in [5, 5.41) is 16.1. The minimum Gasteiger partial charge on any atom is -0.434 e. The number of aryl methyl sites for hydroxylation is 1. The van der Waals surface area contributed by atoms with E-state index in [2.05, 4.69) is 10.4 Å². The van der Waals surface area contributed by atoms with Crippen LogP contribution in [-0.4, -0.2) is 66.7 Å². The van der Waals surface area contributed by atoms with E-state index in [0.29, 0.717) is 18.7 Å². The molecule has 11 heteroatoms. The van der Waals surface area contributed by atoms with Gasteiger partial charge in [-0.1, -0.05) is 12.5 Å². The standard InChI is InChI=1S/C25H32B2F2N4O3/c1-24(2,35)16-8-5-11-33(13-16)25(26,27)19-10-9-17(12-20(19)36-23(28)29)30-22(34)18-14-32(3)31-21(18)15-6-4-7-15/h9-10,12,14-16,23,35H,4-8,11,13H2,1-3H3,(H,30,34). The van der Waals surface area contributed by atoms with E-state index >= 15 is 0 Å². The Morgan fingerprint density at radius 3 is 2.58 bits per heavy atom. The first kappa shape index (κ1) is 26.7. The van der Waals surface area contributed by atoms with Gasteiger partial charge in [-0.15, -0.1) is 0 Å². The lowest BCUT2D eigenvalue weighted by molar-refractivity contribution is -0.0518. The minimum absolute atomic E-state index is 0.0832. The number of aromatic nitrogens is 2. The lowest BCUT2D eigenvalue weighted by atomic mass is 9.56. The molecule has 1 aromatic heterocycles. The van der Waals surface area contributed by atoms with Gasteiger partial charge in [0.2, 0.25) is 0 Å². The number of halogens is 2. The van der Waals surface area contributed by atoms with Crippen molar-refractivity contribution >= 4 is 27.3 Å². The second-order valence-electron chi connectivity index (χ2n) is 10.5. The predicted molar refractivity (Wildman–Crippen MR) is 135 cm³/mol. The third-order valence-corrected chi connectivity index (χ3v) is 7.42. The van der Waals surface area contributed by atoms with Crippen LogP contribution in [0, 0.1) is 5.92 Å². The number of aliphatic hydroxyl groups is 1. The molecule has 7 nitrogen and oxygen atoms in total. The third kappa shape index (κ3) is 5.62. The van der Waals surface area contributed by atoms with Crippen molar-refractivity contribution in [1.82, 2.24) is 14.7 Å². The predicted octanol–water partition coefficient (Wildman–Crippen LogP) is 3.47. The van der Waals surface area contributed by atoms with Crippen LogP contribution in [0.25, 0.3) is 0 Å². The lowest BCUT2D eigenvalue weighted by Gasteiger charge is -2.47. The molecular weight excluding hydrogens is 464 g/mol. The quantitative estimate of drug-likeness (QED) is 0.548. The van der Waals surface area contributed by atoms with E-state index < -0.39 is 17.6 Å². The van der Waals surface area contributed by atoms with Gasteiger partial charge in [-0.25, -0.2) is 0 Å². The summed E-state index contributed by atoms with van der Waals surface area (Å²) in [6.07, 6.45) is 6.29. The number of piperidine rings is 1. The lowest BCUT2D eigenvalue weighted by Crippen LogP contribution is -2.54. The monoisotopic (exact) mass is 496 g/mol. The molecule has 190 valence electrons. The van der Waals surface area contributed by atoms with E-state index in [4.69, 9.17) is 20.4 Å². The van der Waals surface area contributed by atoms with Crippen molar-refractivity contribution in [3.8, 4) is 5.75 Å². The molecule has 1 aliphatic carbocycles. The van der Waals surface area contributed by atoms with Crippen molar-refractivity contribution in [3.63, 3.8) is 0 Å². The second-order valence-corrected chi connectivity index (χ2v) is 10.5. The summed E-state index contributed by atoms with van der Waals surface area (Å²) in [5.74, 6) is -0.431. The summed E-state index contributed by atoms with van der Waals surface area (Å²) in [5.41, 5.74) is 0.702. The highest BCUT2D eigenvalue weighted by atomic mass is 19.3. The summed E-state index contributed by atoms with van der Waals surface area (Å²) in [4.78, 5) is 14.8. The van der Waals surface area contributed by atoms with Crippen molar-refractivity contribution in [2.75, 3.05) is 18.4 Å². The van der Waals surface area contributed by atoms with Gasteiger partial charge in [0.25, 0.3) is 5.91 Å². The Kier molecular flexibility index (Phi) is 7.53. The molecule has 2 N–H and O–H groups in total. The van der Waals surface area contributed by atoms with Crippen LogP contribution in [0.2, 0.25) is 0 Å². The maximum Gasteiger partial charge on any atom is 0.387 e. The number of nitrogens with zero attached hydrogens (tertiary/aromatic N) is 3. The number of ether oxygens (including phenoxy) is 1. The van der Waals surface area contributed by atoms with E-state index in [1.54, 1.807) is 42.7 Å². The first-order valence-corrected chi connectivity index (χ1v) is 12.4. The van der Waals surface area contributed by atoms with Gasteiger partial charge in [-0.3, -0.25) is 9.48 Å². The van der Waals surface area contributed by atoms with Gasteiger partial charge in [0.1, 0.15) is 5.75 Å². The summed E-state index contributed by atoms with van der Waals surface area (Å²) in [6, 6.07) is 4.37. The fraction of sp³-hybridized carbons (Fsp3) is 0.600. The fourth-order valence-corrected chi connectivity index (χ4v) is 5.05. The SMILES string of the molecule is [B]C([B])(c1ccc(NC(=O)c2cn(C)nc2C2CCC2)cc1OC(F)F)N1CCCC(C(C)(C)O)C1. The normalized spacial score (nSPS) is 19.8. The molecule has 1 atom stereocenters. The molecule has 2 aliphatic rings. The fourth-order valence-electron chi connectivity index (χ4n) is 5.05. The van der Waals surface area contributed by atoms with Gasteiger partial charge in [-0.05, 0) is 69.0 Å². The number of rotatable bonds is 8. The van der Waals surface area contributed by atoms with Crippen LogP contribution in [0.1, 0.15) is 73.5 Å². The molecule has 2 heterocycles. The smallest absolute Gasteiger partial charge is 0.387 e. The molecule has 1 amide bonds. The number of hydrogen-bond donors (Lipinski definition) is 2. The first-order valence-electron chi connectivity index (χ1n) is 12.4. The van der Waals surface area contributed by atoms with E-state index in [1.807, 2.05) is 0 Å². The zero-order valence-electron chi connectivity index (χ0n) is 21.0. The Morgan fingerprint density at radius 1 is 1.25 bits per heavy atom. The van der Waals surface area contributed by atoms with Crippen LogP contribution in [0.5, 0.6) is 5.75 Å². The van der Waals surface area contributed by atoms with Crippen LogP contribution in [0.3, 0.4) is 0 Å². The molecule has 2 fully saturated rings. The van der Waals surface area contributed by atoms with Crippen molar-refractivity contribution in [1.29, 1.82) is 0 Å². The molecule has 1 aromatic carbocycles. The molecule has 1 unspecified atom stereocenters. The van der Waals surface area contributed by atoms with Crippen LogP contribution in [0.4, 0.5) is 14.5 Å². The molecule has 2 aromatic rings. The highest BCUT2D eigenvalue weighted by Crippen LogP contribution is 2.39. The van der Waals surface area contributed by atoms with Crippen LogP contribution in [-0.2, 0) is 12.4 Å². The Hall–Kier alpha value is -2.39. The number of carbonyl (C=O) groups excluding carboxylic acids is 1. The average Bonchev–Trinajstić information content (AvgIpc) is 3.12. The highest BCUT2D eigenvalue weighted by Gasteiger charge is 2.38. The van der Waals surface area contributed by atoms with Gasteiger partial charge < -0.3 is 20.1 Å². The van der Waals surface area contributed by atoms with Crippen LogP contribution >= 0.6 is 0 Å². The van der Waals surface area contributed by atoms with Gasteiger partial charge in [-0.2, -0.15) is 13.9 Å². The Morgan fingerprint density at radius 2 is 1.97 bits per heavy atom. The third-order valence-electron chi connectivity index (χ3n) is 7.42.